The van der Waals surface area contributed by atoms with Gasteiger partial charge in [-0.1, -0.05) is 36.4 Å². The lowest BCUT2D eigenvalue weighted by Gasteiger charge is -2.31. The van der Waals surface area contributed by atoms with Crippen LogP contribution in [-0.2, 0) is 11.3 Å². The van der Waals surface area contributed by atoms with E-state index in [1.54, 1.807) is 0 Å². The molecule has 0 aromatic heterocycles. The van der Waals surface area contributed by atoms with Crippen LogP contribution in [0, 0.1) is 5.92 Å². The molecule has 0 atom stereocenters. The van der Waals surface area contributed by atoms with Gasteiger partial charge >= 0.3 is 0 Å². The molecule has 0 aliphatic carbocycles. The highest BCUT2D eigenvalue weighted by atomic mass is 16.1. The average Bonchev–Trinajstić information content (AvgIpc) is 2.58. The standard InChI is InChI=1S/C19H28N2O/c1-2-3-4-8-13-21-14-11-18(12-15-21)19(22)20-16-17-9-6-5-7-10-17/h2,5-7,9-10,18H,1,3-4,8,11-16H2,(H,20,22). The molecule has 3 heteroatoms. The number of amides is 1. The van der Waals surface area contributed by atoms with Crippen molar-refractivity contribution in [2.75, 3.05) is 19.6 Å². The number of hydrogen-bond donors (Lipinski definition) is 1. The lowest BCUT2D eigenvalue weighted by atomic mass is 9.95. The summed E-state index contributed by atoms with van der Waals surface area (Å²) in [4.78, 5) is 14.7. The van der Waals surface area contributed by atoms with E-state index in [0.717, 1.165) is 44.5 Å². The van der Waals surface area contributed by atoms with Gasteiger partial charge in [-0.3, -0.25) is 4.79 Å². The van der Waals surface area contributed by atoms with Gasteiger partial charge in [-0.2, -0.15) is 0 Å². The molecule has 2 rings (SSSR count). The van der Waals surface area contributed by atoms with Crippen LogP contribution < -0.4 is 5.32 Å². The molecule has 0 saturated carbocycles. The predicted octanol–water partition coefficient (Wildman–Crippen LogP) is 3.37. The Balaban J connectivity index is 1.63. The number of carbonyl (C=O) groups is 1. The molecule has 1 N–H and O–H groups in total. The number of piperidine rings is 1. The van der Waals surface area contributed by atoms with Crippen molar-refractivity contribution in [2.24, 2.45) is 5.92 Å². The third kappa shape index (κ3) is 5.64. The molecule has 3 nitrogen and oxygen atoms in total. The number of rotatable bonds is 8. The summed E-state index contributed by atoms with van der Waals surface area (Å²) in [5, 5.41) is 3.07. The number of allylic oxidation sites excluding steroid dienone is 1. The molecular weight excluding hydrogens is 272 g/mol. The fourth-order valence-electron chi connectivity index (χ4n) is 2.97. The quantitative estimate of drug-likeness (QED) is 0.590. The first-order valence-corrected chi connectivity index (χ1v) is 8.44. The van der Waals surface area contributed by atoms with Gasteiger partial charge in [0.15, 0.2) is 0 Å². The summed E-state index contributed by atoms with van der Waals surface area (Å²) in [6.07, 6.45) is 7.53. The number of hydrogen-bond acceptors (Lipinski definition) is 2. The smallest absolute Gasteiger partial charge is 0.223 e. The van der Waals surface area contributed by atoms with E-state index >= 15 is 0 Å². The molecule has 1 aromatic carbocycles. The lowest BCUT2D eigenvalue weighted by Crippen LogP contribution is -2.40. The van der Waals surface area contributed by atoms with Crippen LogP contribution in [0.5, 0.6) is 0 Å². The maximum absolute atomic E-state index is 12.2. The van der Waals surface area contributed by atoms with Crippen molar-refractivity contribution >= 4 is 5.91 Å². The van der Waals surface area contributed by atoms with Crippen LogP contribution >= 0.6 is 0 Å². The van der Waals surface area contributed by atoms with Crippen LogP contribution in [0.3, 0.4) is 0 Å². The van der Waals surface area contributed by atoms with Crippen molar-refractivity contribution in [2.45, 2.75) is 38.6 Å². The largest absolute Gasteiger partial charge is 0.352 e. The lowest BCUT2D eigenvalue weighted by molar-refractivity contribution is -0.126. The van der Waals surface area contributed by atoms with Gasteiger partial charge in [0.2, 0.25) is 5.91 Å². The minimum Gasteiger partial charge on any atom is -0.352 e. The Bertz CT molecular complexity index is 450. The molecule has 1 amide bonds. The SMILES string of the molecule is C=CCCCCN1CCC(C(=O)NCc2ccccc2)CC1. The predicted molar refractivity (Wildman–Crippen MR) is 91.5 cm³/mol. The summed E-state index contributed by atoms with van der Waals surface area (Å²) < 4.78 is 0. The highest BCUT2D eigenvalue weighted by Gasteiger charge is 2.24. The average molecular weight is 300 g/mol. The number of unbranched alkanes of at least 4 members (excludes halogenated alkanes) is 2. The molecule has 1 fully saturated rings. The Hall–Kier alpha value is -1.61. The second kappa shape index (κ2) is 9.42. The normalized spacial score (nSPS) is 16.4. The van der Waals surface area contributed by atoms with Gasteiger partial charge in [0.25, 0.3) is 0 Å². The third-order valence-electron chi connectivity index (χ3n) is 4.40. The fourth-order valence-corrected chi connectivity index (χ4v) is 2.97. The molecular formula is C19H28N2O. The summed E-state index contributed by atoms with van der Waals surface area (Å²) in [6, 6.07) is 10.1. The molecule has 0 unspecified atom stereocenters. The second-order valence-corrected chi connectivity index (χ2v) is 6.10. The van der Waals surface area contributed by atoms with E-state index in [1.165, 1.54) is 12.8 Å². The molecule has 1 saturated heterocycles. The monoisotopic (exact) mass is 300 g/mol. The van der Waals surface area contributed by atoms with E-state index in [0.29, 0.717) is 6.54 Å². The van der Waals surface area contributed by atoms with Crippen LogP contribution in [0.1, 0.15) is 37.7 Å². The first kappa shape index (κ1) is 16.8. The van der Waals surface area contributed by atoms with E-state index in [-0.39, 0.29) is 11.8 Å². The summed E-state index contributed by atoms with van der Waals surface area (Å²) in [7, 11) is 0. The fraction of sp³-hybridized carbons (Fsp3) is 0.526. The Morgan fingerprint density at radius 2 is 1.95 bits per heavy atom. The summed E-state index contributed by atoms with van der Waals surface area (Å²) in [5.41, 5.74) is 1.16. The highest BCUT2D eigenvalue weighted by Crippen LogP contribution is 2.18. The van der Waals surface area contributed by atoms with Crippen molar-refractivity contribution in [1.82, 2.24) is 10.2 Å². The van der Waals surface area contributed by atoms with Gasteiger partial charge in [0.1, 0.15) is 0 Å². The zero-order valence-electron chi connectivity index (χ0n) is 13.5. The molecule has 0 spiro atoms. The van der Waals surface area contributed by atoms with Crippen LogP contribution in [0.2, 0.25) is 0 Å². The summed E-state index contributed by atoms with van der Waals surface area (Å²) >= 11 is 0. The number of likely N-dealkylation sites (tertiary alicyclic amines) is 1. The van der Waals surface area contributed by atoms with Crippen LogP contribution in [0.25, 0.3) is 0 Å². The molecule has 1 heterocycles. The van der Waals surface area contributed by atoms with Gasteiger partial charge in [0.05, 0.1) is 0 Å². The second-order valence-electron chi connectivity index (χ2n) is 6.10. The topological polar surface area (TPSA) is 32.3 Å². The van der Waals surface area contributed by atoms with Crippen LogP contribution in [0.15, 0.2) is 43.0 Å². The maximum Gasteiger partial charge on any atom is 0.223 e. The van der Waals surface area contributed by atoms with Crippen LogP contribution in [0.4, 0.5) is 0 Å². The maximum atomic E-state index is 12.2. The molecule has 0 radical (unpaired) electrons. The Morgan fingerprint density at radius 3 is 2.64 bits per heavy atom. The Morgan fingerprint density at radius 1 is 1.23 bits per heavy atom. The molecule has 1 aliphatic rings. The molecule has 120 valence electrons. The zero-order valence-corrected chi connectivity index (χ0v) is 13.5. The van der Waals surface area contributed by atoms with E-state index in [2.05, 4.69) is 16.8 Å². The van der Waals surface area contributed by atoms with Crippen molar-refractivity contribution in [3.05, 3.63) is 48.6 Å². The van der Waals surface area contributed by atoms with E-state index < -0.39 is 0 Å². The van der Waals surface area contributed by atoms with Crippen molar-refractivity contribution < 1.29 is 4.79 Å². The number of carbonyl (C=O) groups excluding carboxylic acids is 1. The minimum atomic E-state index is 0.188. The minimum absolute atomic E-state index is 0.188. The number of nitrogens with zero attached hydrogens (tertiary/aromatic N) is 1. The van der Waals surface area contributed by atoms with Gasteiger partial charge in [0, 0.05) is 12.5 Å². The van der Waals surface area contributed by atoms with E-state index in [9.17, 15) is 4.79 Å². The zero-order chi connectivity index (χ0) is 15.6. The van der Waals surface area contributed by atoms with Gasteiger partial charge < -0.3 is 10.2 Å². The number of nitrogens with one attached hydrogen (secondary N) is 1. The molecule has 1 aromatic rings. The van der Waals surface area contributed by atoms with Gasteiger partial charge in [-0.25, -0.2) is 0 Å². The first-order chi connectivity index (χ1) is 10.8. The Labute approximate surface area is 134 Å². The highest BCUT2D eigenvalue weighted by molar-refractivity contribution is 5.78. The van der Waals surface area contributed by atoms with Crippen LogP contribution in [-0.4, -0.2) is 30.4 Å². The van der Waals surface area contributed by atoms with Crippen molar-refractivity contribution in [1.29, 1.82) is 0 Å². The number of benzene rings is 1. The summed E-state index contributed by atoms with van der Waals surface area (Å²) in [6.45, 7) is 7.66. The molecule has 0 bridgehead atoms. The first-order valence-electron chi connectivity index (χ1n) is 8.44. The summed E-state index contributed by atoms with van der Waals surface area (Å²) in [5.74, 6) is 0.406. The van der Waals surface area contributed by atoms with Gasteiger partial charge in [-0.05, 0) is 57.3 Å². The third-order valence-corrected chi connectivity index (χ3v) is 4.40. The van der Waals surface area contributed by atoms with E-state index in [4.69, 9.17) is 0 Å². The van der Waals surface area contributed by atoms with E-state index in [1.807, 2.05) is 36.4 Å². The Kier molecular flexibility index (Phi) is 7.17. The molecule has 22 heavy (non-hydrogen) atoms. The molecule has 1 aliphatic heterocycles. The van der Waals surface area contributed by atoms with Crippen molar-refractivity contribution in [3.8, 4) is 0 Å². The van der Waals surface area contributed by atoms with Gasteiger partial charge in [-0.15, -0.1) is 6.58 Å². The van der Waals surface area contributed by atoms with Crippen molar-refractivity contribution in [3.63, 3.8) is 0 Å².